The van der Waals surface area contributed by atoms with Crippen LogP contribution in [0.4, 0.5) is 24.7 Å². The van der Waals surface area contributed by atoms with Crippen molar-refractivity contribution < 1.29 is 27.5 Å². The molecule has 1 saturated heterocycles. The summed E-state index contributed by atoms with van der Waals surface area (Å²) in [7, 11) is 1.44. The Hall–Kier alpha value is -3.41. The molecule has 0 aliphatic carbocycles. The zero-order valence-corrected chi connectivity index (χ0v) is 21.1. The Morgan fingerprint density at radius 2 is 1.97 bits per heavy atom. The van der Waals surface area contributed by atoms with Gasteiger partial charge in [0, 0.05) is 38.1 Å². The maximum atomic E-state index is 13.6. The van der Waals surface area contributed by atoms with Crippen molar-refractivity contribution in [3.8, 4) is 23.6 Å². The van der Waals surface area contributed by atoms with Gasteiger partial charge in [-0.05, 0) is 25.3 Å². The van der Waals surface area contributed by atoms with Gasteiger partial charge < -0.3 is 19.8 Å². The fraction of sp³-hybridized carbons (Fsp3) is 0.435. The minimum atomic E-state index is -5.26. The number of benzene rings is 1. The lowest BCUT2D eigenvalue weighted by Crippen LogP contribution is -2.61. The van der Waals surface area contributed by atoms with E-state index in [1.165, 1.54) is 23.7 Å². The van der Waals surface area contributed by atoms with Crippen LogP contribution in [0.2, 0.25) is 0 Å². The fourth-order valence-electron chi connectivity index (χ4n) is 4.02. The molecule has 0 saturated carbocycles. The number of hydrogen-bond acceptors (Lipinski definition) is 10. The number of piperazine rings is 1. The number of para-hydroxylation sites is 1. The molecular formula is C23H25F3N6O4S. The number of halogens is 3. The molecule has 0 bridgehead atoms. The van der Waals surface area contributed by atoms with Crippen molar-refractivity contribution in [3.63, 3.8) is 0 Å². The maximum absolute atomic E-state index is 13.6. The molecule has 2 aliphatic rings. The predicted octanol–water partition coefficient (Wildman–Crippen LogP) is 2.15. The van der Waals surface area contributed by atoms with Crippen LogP contribution in [0.3, 0.4) is 0 Å². The average Bonchev–Trinajstić information content (AvgIpc) is 3.18. The highest BCUT2D eigenvalue weighted by Gasteiger charge is 2.50. The molecule has 1 aromatic heterocycles. The lowest BCUT2D eigenvalue weighted by atomic mass is 10.3. The number of aromatic nitrogens is 2. The number of anilines is 2. The molecule has 1 N–H and O–H groups in total. The van der Waals surface area contributed by atoms with Gasteiger partial charge in [0.2, 0.25) is 5.82 Å². The first kappa shape index (κ1) is 26.6. The van der Waals surface area contributed by atoms with E-state index in [9.17, 15) is 22.8 Å². The minimum Gasteiger partial charge on any atom is -0.424 e. The van der Waals surface area contributed by atoms with Gasteiger partial charge >= 0.3 is 18.2 Å². The first-order valence-corrected chi connectivity index (χ1v) is 12.5. The van der Waals surface area contributed by atoms with Crippen LogP contribution < -0.4 is 25.6 Å². The van der Waals surface area contributed by atoms with Crippen molar-refractivity contribution >= 4 is 29.2 Å². The topological polar surface area (TPSA) is 92.2 Å². The van der Waals surface area contributed by atoms with Gasteiger partial charge in [0.1, 0.15) is 5.75 Å². The van der Waals surface area contributed by atoms with Crippen LogP contribution in [0.15, 0.2) is 34.0 Å². The molecule has 3 heterocycles. The van der Waals surface area contributed by atoms with E-state index in [2.05, 4.69) is 22.1 Å². The molecule has 37 heavy (non-hydrogen) atoms. The normalized spacial score (nSPS) is 17.7. The van der Waals surface area contributed by atoms with E-state index in [-0.39, 0.29) is 24.1 Å². The Morgan fingerprint density at radius 1 is 1.27 bits per heavy atom. The highest BCUT2D eigenvalue weighted by molar-refractivity contribution is 7.98. The smallest absolute Gasteiger partial charge is 0.424 e. The standard InChI is InChI=1S/C23H25F3N6O4S/c1-4-5-12-31-17-18(28-21(29(2)19(17)33)35-15-8-6-7-9-16(15)37-3)32(36-20(34)23(24,25)26)22(31)30-13-10-27-11-14-30/h6-9,22,27H,10-14H2,1-3H3. The van der Waals surface area contributed by atoms with Gasteiger partial charge in [-0.2, -0.15) is 18.2 Å². The van der Waals surface area contributed by atoms with Gasteiger partial charge in [-0.3, -0.25) is 14.3 Å². The molecule has 0 amide bonds. The van der Waals surface area contributed by atoms with E-state index in [1.54, 1.807) is 24.0 Å². The number of nitrogens with one attached hydrogen (secondary N) is 1. The number of hydroxylamine groups is 1. The van der Waals surface area contributed by atoms with Crippen LogP contribution >= 0.6 is 11.8 Å². The quantitative estimate of drug-likeness (QED) is 0.436. The molecule has 0 radical (unpaired) electrons. The number of thioether (sulfide) groups is 1. The van der Waals surface area contributed by atoms with Gasteiger partial charge in [0.15, 0.2) is 12.0 Å². The predicted molar refractivity (Wildman–Crippen MR) is 131 cm³/mol. The van der Waals surface area contributed by atoms with Gasteiger partial charge in [-0.15, -0.1) is 22.7 Å². The second-order valence-electron chi connectivity index (χ2n) is 8.07. The lowest BCUT2D eigenvalue weighted by molar-refractivity contribution is -0.203. The van der Waals surface area contributed by atoms with E-state index >= 15 is 0 Å². The molecule has 14 heteroatoms. The summed E-state index contributed by atoms with van der Waals surface area (Å²) in [6.07, 6.45) is -4.49. The summed E-state index contributed by atoms with van der Waals surface area (Å²) < 4.78 is 46.9. The van der Waals surface area contributed by atoms with Gasteiger partial charge in [0.05, 0.1) is 6.54 Å². The summed E-state index contributed by atoms with van der Waals surface area (Å²) in [6.45, 7) is 3.53. The molecule has 198 valence electrons. The summed E-state index contributed by atoms with van der Waals surface area (Å²) in [5.74, 6) is 3.30. The molecule has 10 nitrogen and oxygen atoms in total. The Bertz CT molecular complexity index is 1290. The first-order valence-electron chi connectivity index (χ1n) is 11.3. The van der Waals surface area contributed by atoms with E-state index < -0.39 is 24.0 Å². The van der Waals surface area contributed by atoms with Crippen molar-refractivity contribution in [2.24, 2.45) is 7.05 Å². The Labute approximate surface area is 215 Å². The zero-order valence-electron chi connectivity index (χ0n) is 20.3. The van der Waals surface area contributed by atoms with Gasteiger partial charge in [-0.25, -0.2) is 4.79 Å². The summed E-state index contributed by atoms with van der Waals surface area (Å²) in [5, 5.41) is 3.91. The highest BCUT2D eigenvalue weighted by atomic mass is 32.2. The molecule has 1 unspecified atom stereocenters. The van der Waals surface area contributed by atoms with Crippen LogP contribution in [-0.4, -0.2) is 71.9 Å². The molecule has 2 aliphatic heterocycles. The number of hydrogen-bond donors (Lipinski definition) is 1. The number of nitrogens with zero attached hydrogens (tertiary/aromatic N) is 5. The van der Waals surface area contributed by atoms with Crippen LogP contribution in [0, 0.1) is 11.8 Å². The maximum Gasteiger partial charge on any atom is 0.493 e. The monoisotopic (exact) mass is 538 g/mol. The van der Waals surface area contributed by atoms with E-state index in [1.807, 2.05) is 18.4 Å². The van der Waals surface area contributed by atoms with Crippen LogP contribution in [0.5, 0.6) is 11.8 Å². The third-order valence-electron chi connectivity index (χ3n) is 5.78. The number of carbonyl (C=O) groups is 1. The fourth-order valence-corrected chi connectivity index (χ4v) is 4.55. The zero-order chi connectivity index (χ0) is 26.7. The Kier molecular flexibility index (Phi) is 7.86. The summed E-state index contributed by atoms with van der Waals surface area (Å²) in [6, 6.07) is 6.87. The van der Waals surface area contributed by atoms with Crippen molar-refractivity contribution in [2.45, 2.75) is 24.3 Å². The Balaban J connectivity index is 1.86. The second-order valence-corrected chi connectivity index (χ2v) is 8.92. The number of rotatable bonds is 6. The summed E-state index contributed by atoms with van der Waals surface area (Å²) in [5.41, 5.74) is -0.639. The van der Waals surface area contributed by atoms with Crippen molar-refractivity contribution in [1.29, 1.82) is 0 Å². The third kappa shape index (κ3) is 5.34. The van der Waals surface area contributed by atoms with Crippen molar-refractivity contribution in [3.05, 3.63) is 34.6 Å². The largest absolute Gasteiger partial charge is 0.493 e. The van der Waals surface area contributed by atoms with Crippen LogP contribution in [-0.2, 0) is 16.7 Å². The number of fused-ring (bicyclic) bond motifs is 1. The Morgan fingerprint density at radius 3 is 2.62 bits per heavy atom. The van der Waals surface area contributed by atoms with Crippen molar-refractivity contribution in [1.82, 2.24) is 19.8 Å². The average molecular weight is 539 g/mol. The van der Waals surface area contributed by atoms with E-state index in [4.69, 9.17) is 9.57 Å². The van der Waals surface area contributed by atoms with Crippen LogP contribution in [0.1, 0.15) is 6.92 Å². The third-order valence-corrected chi connectivity index (χ3v) is 6.56. The molecule has 4 rings (SSSR count). The van der Waals surface area contributed by atoms with Gasteiger partial charge in [0.25, 0.3) is 5.56 Å². The van der Waals surface area contributed by atoms with E-state index in [0.29, 0.717) is 31.9 Å². The number of carbonyl (C=O) groups excluding carboxylic acids is 1. The summed E-state index contributed by atoms with van der Waals surface area (Å²) in [4.78, 5) is 38.9. The van der Waals surface area contributed by atoms with E-state index in [0.717, 1.165) is 14.5 Å². The SMILES string of the molecule is CC#CCN1c2c(nc(Oc3ccccc3SC)n(C)c2=O)N(OC(=O)C(F)(F)F)C1N1CCNCC1. The molecule has 0 spiro atoms. The van der Waals surface area contributed by atoms with Crippen molar-refractivity contribution in [2.75, 3.05) is 48.9 Å². The number of alkyl halides is 3. The molecule has 1 aromatic carbocycles. The lowest BCUT2D eigenvalue weighted by Gasteiger charge is -2.40. The molecule has 1 fully saturated rings. The number of ether oxygens (including phenoxy) is 1. The summed E-state index contributed by atoms with van der Waals surface area (Å²) >= 11 is 1.41. The second kappa shape index (κ2) is 10.9. The van der Waals surface area contributed by atoms with Gasteiger partial charge in [-0.1, -0.05) is 18.1 Å². The minimum absolute atomic E-state index is 0.00933. The van der Waals surface area contributed by atoms with Crippen LogP contribution in [0.25, 0.3) is 0 Å². The first-order chi connectivity index (χ1) is 17.7. The molecule has 2 aromatic rings. The highest BCUT2D eigenvalue weighted by Crippen LogP contribution is 2.40. The molecule has 1 atom stereocenters. The molecular weight excluding hydrogens is 513 g/mol.